The van der Waals surface area contributed by atoms with Crippen molar-refractivity contribution in [3.63, 3.8) is 0 Å². The van der Waals surface area contributed by atoms with E-state index in [1.807, 2.05) is 30.3 Å². The number of nitrogens with one attached hydrogen (secondary N) is 1. The van der Waals surface area contributed by atoms with Gasteiger partial charge in [-0.1, -0.05) is 30.3 Å². The van der Waals surface area contributed by atoms with Gasteiger partial charge in [-0.25, -0.2) is 4.39 Å². The molecular weight excluding hydrogens is 315 g/mol. The molecular formula is C17H17FN2O4. The molecule has 7 heteroatoms. The molecule has 126 valence electrons. The molecule has 0 aromatic heterocycles. The highest BCUT2D eigenvalue weighted by molar-refractivity contribution is 5.98. The van der Waals surface area contributed by atoms with Crippen molar-refractivity contribution in [3.8, 4) is 0 Å². The second-order valence-electron chi connectivity index (χ2n) is 5.44. The van der Waals surface area contributed by atoms with Gasteiger partial charge in [0.1, 0.15) is 11.4 Å². The predicted molar refractivity (Wildman–Crippen MR) is 86.1 cm³/mol. The average molecular weight is 332 g/mol. The van der Waals surface area contributed by atoms with Crippen LogP contribution in [0.1, 0.15) is 22.8 Å². The zero-order valence-electron chi connectivity index (χ0n) is 13.0. The number of aliphatic hydroxyl groups excluding tert-OH is 1. The van der Waals surface area contributed by atoms with Crippen LogP contribution in [0.3, 0.4) is 0 Å². The zero-order valence-corrected chi connectivity index (χ0v) is 13.0. The molecule has 2 aromatic rings. The van der Waals surface area contributed by atoms with Crippen molar-refractivity contribution in [1.82, 2.24) is 5.32 Å². The van der Waals surface area contributed by atoms with Crippen LogP contribution in [-0.2, 0) is 6.42 Å². The summed E-state index contributed by atoms with van der Waals surface area (Å²) in [7, 11) is 0. The van der Waals surface area contributed by atoms with Crippen LogP contribution in [0.2, 0.25) is 0 Å². The molecule has 0 spiro atoms. The van der Waals surface area contributed by atoms with Crippen LogP contribution in [0.5, 0.6) is 0 Å². The minimum absolute atomic E-state index is 0.250. The molecule has 2 rings (SSSR count). The molecule has 2 atom stereocenters. The molecule has 6 nitrogen and oxygen atoms in total. The lowest BCUT2D eigenvalue weighted by Crippen LogP contribution is -2.42. The lowest BCUT2D eigenvalue weighted by molar-refractivity contribution is -0.385. The summed E-state index contributed by atoms with van der Waals surface area (Å²) in [5.74, 6) is -1.53. The Balaban J connectivity index is 2.07. The number of nitrogens with zero attached hydrogens (tertiary/aromatic N) is 1. The van der Waals surface area contributed by atoms with Gasteiger partial charge in [0.2, 0.25) is 0 Å². The maximum Gasteiger partial charge on any atom is 0.285 e. The van der Waals surface area contributed by atoms with E-state index in [4.69, 9.17) is 0 Å². The van der Waals surface area contributed by atoms with Crippen molar-refractivity contribution >= 4 is 11.6 Å². The van der Waals surface area contributed by atoms with Crippen molar-refractivity contribution in [2.45, 2.75) is 25.5 Å². The topological polar surface area (TPSA) is 92.5 Å². The molecule has 0 saturated heterocycles. The Kier molecular flexibility index (Phi) is 5.59. The fourth-order valence-electron chi connectivity index (χ4n) is 2.26. The van der Waals surface area contributed by atoms with Crippen LogP contribution >= 0.6 is 0 Å². The summed E-state index contributed by atoms with van der Waals surface area (Å²) in [4.78, 5) is 22.3. The quantitative estimate of drug-likeness (QED) is 0.628. The van der Waals surface area contributed by atoms with Gasteiger partial charge in [-0.3, -0.25) is 14.9 Å². The van der Waals surface area contributed by atoms with E-state index in [2.05, 4.69) is 5.32 Å². The molecule has 1 amide bonds. The molecule has 2 N–H and O–H groups in total. The van der Waals surface area contributed by atoms with Crippen LogP contribution in [0.4, 0.5) is 10.1 Å². The summed E-state index contributed by atoms with van der Waals surface area (Å²) >= 11 is 0. The first-order valence-electron chi connectivity index (χ1n) is 7.35. The molecule has 2 aromatic carbocycles. The van der Waals surface area contributed by atoms with Gasteiger partial charge in [0.25, 0.3) is 11.6 Å². The largest absolute Gasteiger partial charge is 0.391 e. The summed E-state index contributed by atoms with van der Waals surface area (Å²) in [6, 6.07) is 11.3. The third-order valence-corrected chi connectivity index (χ3v) is 3.62. The van der Waals surface area contributed by atoms with Gasteiger partial charge in [0.05, 0.1) is 23.1 Å². The molecule has 0 bridgehead atoms. The maximum atomic E-state index is 13.1. The summed E-state index contributed by atoms with van der Waals surface area (Å²) in [5.41, 5.74) is 0.0382. The molecule has 24 heavy (non-hydrogen) atoms. The van der Waals surface area contributed by atoms with Crippen LogP contribution in [0.15, 0.2) is 48.5 Å². The summed E-state index contributed by atoms with van der Waals surface area (Å²) in [6.45, 7) is 1.60. The van der Waals surface area contributed by atoms with Crippen molar-refractivity contribution in [2.75, 3.05) is 0 Å². The Hall–Kier alpha value is -2.80. The first kappa shape index (κ1) is 17.6. The highest BCUT2D eigenvalue weighted by atomic mass is 19.1. The van der Waals surface area contributed by atoms with Crippen molar-refractivity contribution in [1.29, 1.82) is 0 Å². The Bertz CT molecular complexity index is 737. The highest BCUT2D eigenvalue weighted by Gasteiger charge is 2.24. The third-order valence-electron chi connectivity index (χ3n) is 3.62. The van der Waals surface area contributed by atoms with Crippen molar-refractivity contribution in [3.05, 3.63) is 75.6 Å². The van der Waals surface area contributed by atoms with Gasteiger partial charge in [-0.05, 0) is 24.6 Å². The summed E-state index contributed by atoms with van der Waals surface area (Å²) in [6.07, 6.45) is -0.538. The maximum absolute atomic E-state index is 13.1. The fraction of sp³-hybridized carbons (Fsp3) is 0.235. The number of aliphatic hydroxyl groups is 1. The van der Waals surface area contributed by atoms with Gasteiger partial charge in [0, 0.05) is 6.42 Å². The molecule has 0 saturated carbocycles. The van der Waals surface area contributed by atoms with Gasteiger partial charge in [-0.2, -0.15) is 0 Å². The smallest absolute Gasteiger partial charge is 0.285 e. The number of nitro groups is 1. The van der Waals surface area contributed by atoms with Crippen molar-refractivity contribution < 1.29 is 19.2 Å². The van der Waals surface area contributed by atoms with Crippen molar-refractivity contribution in [2.24, 2.45) is 0 Å². The second-order valence-corrected chi connectivity index (χ2v) is 5.44. The lowest BCUT2D eigenvalue weighted by Gasteiger charge is -2.20. The first-order valence-corrected chi connectivity index (χ1v) is 7.35. The Morgan fingerprint density at radius 1 is 1.29 bits per heavy atom. The van der Waals surface area contributed by atoms with E-state index in [1.165, 1.54) is 0 Å². The number of benzene rings is 2. The lowest BCUT2D eigenvalue weighted by atomic mass is 10.0. The molecule has 0 aliphatic rings. The number of rotatable bonds is 6. The van der Waals surface area contributed by atoms with Crippen LogP contribution in [0.25, 0.3) is 0 Å². The van der Waals surface area contributed by atoms with Gasteiger partial charge >= 0.3 is 0 Å². The van der Waals surface area contributed by atoms with Gasteiger partial charge in [0.15, 0.2) is 0 Å². The third kappa shape index (κ3) is 4.36. The predicted octanol–water partition coefficient (Wildman–Crippen LogP) is 2.46. The van der Waals surface area contributed by atoms with Crippen LogP contribution < -0.4 is 5.32 Å². The van der Waals surface area contributed by atoms with E-state index < -0.39 is 34.5 Å². The van der Waals surface area contributed by atoms with Crippen LogP contribution in [-0.4, -0.2) is 28.1 Å². The Morgan fingerprint density at radius 3 is 2.58 bits per heavy atom. The number of nitro benzene ring substituents is 1. The molecule has 0 radical (unpaired) electrons. The average Bonchev–Trinajstić information content (AvgIpc) is 2.55. The minimum Gasteiger partial charge on any atom is -0.391 e. The number of carbonyl (C=O) groups is 1. The van der Waals surface area contributed by atoms with E-state index in [1.54, 1.807) is 6.92 Å². The summed E-state index contributed by atoms with van der Waals surface area (Å²) < 4.78 is 13.1. The molecule has 0 heterocycles. The number of hydrogen-bond donors (Lipinski definition) is 2. The highest BCUT2D eigenvalue weighted by Crippen LogP contribution is 2.20. The number of carbonyl (C=O) groups excluding carboxylic acids is 1. The molecule has 2 unspecified atom stereocenters. The monoisotopic (exact) mass is 332 g/mol. The second kappa shape index (κ2) is 7.65. The van der Waals surface area contributed by atoms with Gasteiger partial charge in [-0.15, -0.1) is 0 Å². The SMILES string of the molecule is CC(NC(=O)c1ccc(F)cc1[N+](=O)[O-])C(O)Cc1ccccc1. The van der Waals surface area contributed by atoms with E-state index >= 15 is 0 Å². The zero-order chi connectivity index (χ0) is 17.7. The standard InChI is InChI=1S/C17H17FN2O4/c1-11(16(21)9-12-5-3-2-4-6-12)19-17(22)14-8-7-13(18)10-15(14)20(23)24/h2-8,10-11,16,21H,9H2,1H3,(H,19,22). The summed E-state index contributed by atoms with van der Waals surface area (Å²) in [5, 5.41) is 23.6. The van der Waals surface area contributed by atoms with E-state index in [-0.39, 0.29) is 5.56 Å². The number of amides is 1. The first-order chi connectivity index (χ1) is 11.4. The number of hydrogen-bond acceptors (Lipinski definition) is 4. The minimum atomic E-state index is -0.865. The van der Waals surface area contributed by atoms with E-state index in [0.29, 0.717) is 12.5 Å². The Labute approximate surface area is 138 Å². The Morgan fingerprint density at radius 2 is 1.96 bits per heavy atom. The number of halogens is 1. The fourth-order valence-corrected chi connectivity index (χ4v) is 2.26. The van der Waals surface area contributed by atoms with E-state index in [9.17, 15) is 24.4 Å². The van der Waals surface area contributed by atoms with Gasteiger partial charge < -0.3 is 10.4 Å². The molecule has 0 fully saturated rings. The van der Waals surface area contributed by atoms with Crippen LogP contribution in [0, 0.1) is 15.9 Å². The molecule has 0 aliphatic heterocycles. The normalized spacial score (nSPS) is 13.1. The molecule has 0 aliphatic carbocycles. The van der Waals surface area contributed by atoms with E-state index in [0.717, 1.165) is 17.7 Å².